The quantitative estimate of drug-likeness (QED) is 0.416. The van der Waals surface area contributed by atoms with Gasteiger partial charge in [-0.05, 0) is 13.3 Å². The van der Waals surface area contributed by atoms with Crippen molar-refractivity contribution in [2.45, 2.75) is 32.0 Å². The fourth-order valence-electron chi connectivity index (χ4n) is 0.875. The molecule has 0 aliphatic carbocycles. The number of nitrogens with zero attached hydrogens (tertiary/aromatic N) is 1. The zero-order valence-electron chi connectivity index (χ0n) is 8.11. The first-order chi connectivity index (χ1) is 6.43. The smallest absolute Gasteiger partial charge is 0.320 e. The Bertz CT molecular complexity index is 217. The monoisotopic (exact) mass is 205 g/mol. The van der Waals surface area contributed by atoms with Gasteiger partial charge in [-0.25, -0.2) is 4.39 Å². The van der Waals surface area contributed by atoms with E-state index in [0.717, 1.165) is 0 Å². The minimum Gasteiger partial charge on any atom is -0.480 e. The van der Waals surface area contributed by atoms with Gasteiger partial charge in [0, 0.05) is 13.0 Å². The summed E-state index contributed by atoms with van der Waals surface area (Å²) in [5, 5.41) is 8.41. The maximum Gasteiger partial charge on any atom is 0.320 e. The number of carbonyl (C=O) groups is 1. The Kier molecular flexibility index (Phi) is 5.78. The van der Waals surface area contributed by atoms with Gasteiger partial charge in [-0.2, -0.15) is 0 Å². The maximum atomic E-state index is 13.0. The van der Waals surface area contributed by atoms with Gasteiger partial charge in [0.2, 0.25) is 0 Å². The van der Waals surface area contributed by atoms with Crippen LogP contribution in [0.3, 0.4) is 0 Å². The zero-order valence-corrected chi connectivity index (χ0v) is 8.11. The Morgan fingerprint density at radius 1 is 1.64 bits per heavy atom. The maximum absolute atomic E-state index is 13.0. The molecule has 0 bridgehead atoms. The van der Waals surface area contributed by atoms with Crippen molar-refractivity contribution in [2.75, 3.05) is 6.54 Å². The second kappa shape index (κ2) is 6.31. The molecule has 5 nitrogen and oxygen atoms in total. The van der Waals surface area contributed by atoms with E-state index < -0.39 is 18.2 Å². The van der Waals surface area contributed by atoms with Crippen LogP contribution in [0.2, 0.25) is 0 Å². The van der Waals surface area contributed by atoms with E-state index in [9.17, 15) is 9.18 Å². The van der Waals surface area contributed by atoms with Crippen LogP contribution in [0.15, 0.2) is 4.99 Å². The molecule has 0 saturated heterocycles. The number of carboxylic acids is 1. The van der Waals surface area contributed by atoms with Crippen molar-refractivity contribution in [1.29, 1.82) is 0 Å². The molecule has 0 aliphatic rings. The number of hydrogen-bond donors (Lipinski definition) is 3. The van der Waals surface area contributed by atoms with Gasteiger partial charge in [-0.3, -0.25) is 9.79 Å². The standard InChI is InChI=1S/C8H16FN3O2/c1-5(10)12-3-2-6(9)4-7(11)8(13)14/h6-7H,2-4,11H2,1H3,(H2,10,12)(H,13,14)/t6-,7-/m0/s1. The molecule has 0 unspecified atom stereocenters. The third kappa shape index (κ3) is 6.36. The van der Waals surface area contributed by atoms with Crippen molar-refractivity contribution < 1.29 is 14.3 Å². The van der Waals surface area contributed by atoms with Gasteiger partial charge in [0.15, 0.2) is 0 Å². The van der Waals surface area contributed by atoms with Gasteiger partial charge in [0.25, 0.3) is 0 Å². The van der Waals surface area contributed by atoms with E-state index in [0.29, 0.717) is 5.84 Å². The van der Waals surface area contributed by atoms with Gasteiger partial charge in [0.1, 0.15) is 12.2 Å². The summed E-state index contributed by atoms with van der Waals surface area (Å²) in [5.41, 5.74) is 10.4. The molecule has 0 aliphatic heterocycles. The number of rotatable bonds is 6. The van der Waals surface area contributed by atoms with Gasteiger partial charge in [0.05, 0.1) is 5.84 Å². The number of halogens is 1. The van der Waals surface area contributed by atoms with Crippen LogP contribution in [0.5, 0.6) is 0 Å². The lowest BCUT2D eigenvalue weighted by atomic mass is 10.1. The van der Waals surface area contributed by atoms with Crippen LogP contribution in [0, 0.1) is 0 Å². The molecule has 0 spiro atoms. The summed E-state index contributed by atoms with van der Waals surface area (Å²) in [6, 6.07) is -1.15. The predicted molar refractivity (Wildman–Crippen MR) is 51.9 cm³/mol. The molecule has 0 heterocycles. The van der Waals surface area contributed by atoms with Crippen molar-refractivity contribution in [3.8, 4) is 0 Å². The minimum absolute atomic E-state index is 0.148. The average Bonchev–Trinajstić information content (AvgIpc) is 2.02. The molecule has 2 atom stereocenters. The van der Waals surface area contributed by atoms with Crippen LogP contribution in [-0.2, 0) is 4.79 Å². The summed E-state index contributed by atoms with van der Waals surface area (Å²) in [4.78, 5) is 14.1. The highest BCUT2D eigenvalue weighted by Crippen LogP contribution is 2.06. The third-order valence-corrected chi connectivity index (χ3v) is 1.63. The molecule has 0 saturated carbocycles. The molecule has 82 valence electrons. The van der Waals surface area contributed by atoms with Crippen molar-refractivity contribution in [2.24, 2.45) is 16.5 Å². The predicted octanol–water partition coefficient (Wildman–Crippen LogP) is -0.106. The summed E-state index contributed by atoms with van der Waals surface area (Å²) < 4.78 is 13.0. The fraction of sp³-hybridized carbons (Fsp3) is 0.750. The molecule has 6 heteroatoms. The van der Waals surface area contributed by atoms with Crippen molar-refractivity contribution in [3.63, 3.8) is 0 Å². The Balaban J connectivity index is 3.70. The van der Waals surface area contributed by atoms with Crippen LogP contribution in [0.1, 0.15) is 19.8 Å². The Labute approximate surface area is 82.0 Å². The van der Waals surface area contributed by atoms with Gasteiger partial charge >= 0.3 is 5.97 Å². The largest absolute Gasteiger partial charge is 0.480 e. The number of carboxylic acid groups (broad SMARTS) is 1. The number of alkyl halides is 1. The number of nitrogens with two attached hydrogens (primary N) is 2. The average molecular weight is 205 g/mol. The number of amidine groups is 1. The molecule has 5 N–H and O–H groups in total. The van der Waals surface area contributed by atoms with Crippen molar-refractivity contribution in [3.05, 3.63) is 0 Å². The first kappa shape index (κ1) is 12.8. The molecule has 0 aromatic rings. The van der Waals surface area contributed by atoms with E-state index in [-0.39, 0.29) is 19.4 Å². The van der Waals surface area contributed by atoms with E-state index >= 15 is 0 Å². The highest BCUT2D eigenvalue weighted by molar-refractivity contribution is 5.77. The summed E-state index contributed by atoms with van der Waals surface area (Å²) in [6.07, 6.45) is -1.28. The van der Waals surface area contributed by atoms with Crippen LogP contribution in [0.25, 0.3) is 0 Å². The summed E-state index contributed by atoms with van der Waals surface area (Å²) in [5.74, 6) is -0.800. The highest BCUT2D eigenvalue weighted by atomic mass is 19.1. The van der Waals surface area contributed by atoms with E-state index in [4.69, 9.17) is 16.6 Å². The fourth-order valence-corrected chi connectivity index (χ4v) is 0.875. The van der Waals surface area contributed by atoms with E-state index in [1.54, 1.807) is 6.92 Å². The lowest BCUT2D eigenvalue weighted by Gasteiger charge is -2.09. The molecule has 0 aromatic carbocycles. The zero-order chi connectivity index (χ0) is 11.1. The molecular weight excluding hydrogens is 189 g/mol. The van der Waals surface area contributed by atoms with Crippen LogP contribution in [-0.4, -0.2) is 35.7 Å². The topological polar surface area (TPSA) is 102 Å². The molecule has 0 aromatic heterocycles. The lowest BCUT2D eigenvalue weighted by Crippen LogP contribution is -2.33. The van der Waals surface area contributed by atoms with E-state index in [2.05, 4.69) is 4.99 Å². The Morgan fingerprint density at radius 3 is 2.64 bits per heavy atom. The van der Waals surface area contributed by atoms with Gasteiger partial charge in [-0.15, -0.1) is 0 Å². The molecular formula is C8H16FN3O2. The van der Waals surface area contributed by atoms with Crippen LogP contribution >= 0.6 is 0 Å². The highest BCUT2D eigenvalue weighted by Gasteiger charge is 2.17. The van der Waals surface area contributed by atoms with Crippen molar-refractivity contribution in [1.82, 2.24) is 0 Å². The number of aliphatic imine (C=N–C) groups is 1. The van der Waals surface area contributed by atoms with E-state index in [1.165, 1.54) is 0 Å². The molecule has 0 rings (SSSR count). The van der Waals surface area contributed by atoms with Crippen LogP contribution in [0.4, 0.5) is 4.39 Å². The Morgan fingerprint density at radius 2 is 2.21 bits per heavy atom. The first-order valence-corrected chi connectivity index (χ1v) is 4.32. The third-order valence-electron chi connectivity index (χ3n) is 1.63. The second-order valence-corrected chi connectivity index (χ2v) is 3.09. The normalized spacial score (nSPS) is 16.4. The number of hydrogen-bond acceptors (Lipinski definition) is 3. The SMILES string of the molecule is CC(N)=NCC[C@H](F)C[C@H](N)C(=O)O. The summed E-state index contributed by atoms with van der Waals surface area (Å²) in [7, 11) is 0. The first-order valence-electron chi connectivity index (χ1n) is 4.32. The summed E-state index contributed by atoms with van der Waals surface area (Å²) in [6.45, 7) is 1.87. The molecule has 0 radical (unpaired) electrons. The Hall–Kier alpha value is -1.17. The molecule has 0 fully saturated rings. The second-order valence-electron chi connectivity index (χ2n) is 3.09. The van der Waals surface area contributed by atoms with E-state index in [1.807, 2.05) is 0 Å². The summed E-state index contributed by atoms with van der Waals surface area (Å²) >= 11 is 0. The minimum atomic E-state index is -1.25. The molecule has 14 heavy (non-hydrogen) atoms. The number of aliphatic carboxylic acids is 1. The van der Waals surface area contributed by atoms with Gasteiger partial charge < -0.3 is 16.6 Å². The van der Waals surface area contributed by atoms with Gasteiger partial charge in [-0.1, -0.05) is 0 Å². The molecule has 0 amide bonds. The lowest BCUT2D eigenvalue weighted by molar-refractivity contribution is -0.139. The van der Waals surface area contributed by atoms with Crippen LogP contribution < -0.4 is 11.5 Å². The van der Waals surface area contributed by atoms with Crippen molar-refractivity contribution >= 4 is 11.8 Å².